The lowest BCUT2D eigenvalue weighted by Gasteiger charge is -2.21. The first-order chi connectivity index (χ1) is 12.7. The average molecular weight is 382 g/mol. The van der Waals surface area contributed by atoms with Crippen molar-refractivity contribution in [3.05, 3.63) is 17.7 Å². The van der Waals surface area contributed by atoms with Crippen molar-refractivity contribution in [3.8, 4) is 17.2 Å². The Morgan fingerprint density at radius 1 is 1.04 bits per heavy atom. The summed E-state index contributed by atoms with van der Waals surface area (Å²) < 4.78 is 20.4. The van der Waals surface area contributed by atoms with E-state index in [2.05, 4.69) is 5.32 Å². The fourth-order valence-electron chi connectivity index (χ4n) is 2.05. The van der Waals surface area contributed by atoms with Crippen LogP contribution >= 0.6 is 0 Å². The molecular weight excluding hydrogens is 356 g/mol. The number of esters is 1. The van der Waals surface area contributed by atoms with E-state index >= 15 is 0 Å². The molecule has 0 aliphatic heterocycles. The number of likely N-dealkylation sites (N-methyl/N-ethyl adjacent to an activating group) is 1. The van der Waals surface area contributed by atoms with Gasteiger partial charge in [0.1, 0.15) is 6.54 Å². The zero-order valence-corrected chi connectivity index (χ0v) is 16.5. The lowest BCUT2D eigenvalue weighted by Crippen LogP contribution is -2.37. The number of methoxy groups -OCH3 is 3. The SMILES string of the molecule is COc1cc(C(=O)NCC(=O)OCC(=O)N(C)C(C)C)cc(OC)c1OC. The molecule has 1 N–H and O–H groups in total. The fourth-order valence-corrected chi connectivity index (χ4v) is 2.05. The summed E-state index contributed by atoms with van der Waals surface area (Å²) >= 11 is 0. The number of carbonyl (C=O) groups excluding carboxylic acids is 3. The van der Waals surface area contributed by atoms with Crippen LogP contribution in [-0.4, -0.2) is 70.3 Å². The van der Waals surface area contributed by atoms with Crippen molar-refractivity contribution in [2.45, 2.75) is 19.9 Å². The smallest absolute Gasteiger partial charge is 0.325 e. The highest BCUT2D eigenvalue weighted by molar-refractivity contribution is 5.97. The zero-order valence-electron chi connectivity index (χ0n) is 16.5. The molecule has 1 aromatic carbocycles. The topological polar surface area (TPSA) is 103 Å². The monoisotopic (exact) mass is 382 g/mol. The van der Waals surface area contributed by atoms with Gasteiger partial charge in [0.05, 0.1) is 21.3 Å². The molecule has 0 unspecified atom stereocenters. The molecule has 150 valence electrons. The number of ether oxygens (including phenoxy) is 4. The van der Waals surface area contributed by atoms with Gasteiger partial charge >= 0.3 is 5.97 Å². The Labute approximate surface area is 158 Å². The highest BCUT2D eigenvalue weighted by atomic mass is 16.5. The molecule has 0 saturated carbocycles. The van der Waals surface area contributed by atoms with E-state index in [1.165, 1.54) is 38.4 Å². The third kappa shape index (κ3) is 6.05. The quantitative estimate of drug-likeness (QED) is 0.632. The van der Waals surface area contributed by atoms with E-state index in [-0.39, 0.29) is 30.7 Å². The maximum absolute atomic E-state index is 12.3. The van der Waals surface area contributed by atoms with Crippen molar-refractivity contribution in [2.75, 3.05) is 41.5 Å². The molecule has 27 heavy (non-hydrogen) atoms. The standard InChI is InChI=1S/C18H26N2O7/c1-11(2)20(3)15(21)10-27-16(22)9-19-18(23)12-7-13(24-4)17(26-6)14(8-12)25-5/h7-8,11H,9-10H2,1-6H3,(H,19,23). The molecule has 0 aliphatic rings. The summed E-state index contributed by atoms with van der Waals surface area (Å²) in [6.45, 7) is 2.93. The zero-order chi connectivity index (χ0) is 20.6. The van der Waals surface area contributed by atoms with Gasteiger partial charge in [-0.25, -0.2) is 0 Å². The van der Waals surface area contributed by atoms with Crippen LogP contribution in [0.15, 0.2) is 12.1 Å². The van der Waals surface area contributed by atoms with Gasteiger partial charge in [0.2, 0.25) is 5.75 Å². The van der Waals surface area contributed by atoms with Crippen LogP contribution in [0.1, 0.15) is 24.2 Å². The molecule has 0 aliphatic carbocycles. The largest absolute Gasteiger partial charge is 0.493 e. The first kappa shape index (κ1) is 22.1. The van der Waals surface area contributed by atoms with E-state index < -0.39 is 11.9 Å². The van der Waals surface area contributed by atoms with Crippen LogP contribution < -0.4 is 19.5 Å². The van der Waals surface area contributed by atoms with Gasteiger partial charge in [-0.15, -0.1) is 0 Å². The number of hydrogen-bond acceptors (Lipinski definition) is 7. The van der Waals surface area contributed by atoms with Crippen molar-refractivity contribution < 1.29 is 33.3 Å². The van der Waals surface area contributed by atoms with Crippen molar-refractivity contribution in [3.63, 3.8) is 0 Å². The summed E-state index contributed by atoms with van der Waals surface area (Å²) in [6, 6.07) is 2.92. The Balaban J connectivity index is 2.67. The number of rotatable bonds is 9. The predicted molar refractivity (Wildman–Crippen MR) is 97.3 cm³/mol. The second-order valence-electron chi connectivity index (χ2n) is 5.86. The van der Waals surface area contributed by atoms with Crippen molar-refractivity contribution in [2.24, 2.45) is 0 Å². The summed E-state index contributed by atoms with van der Waals surface area (Å²) in [5.41, 5.74) is 0.216. The van der Waals surface area contributed by atoms with Crippen LogP contribution in [0.2, 0.25) is 0 Å². The summed E-state index contributed by atoms with van der Waals surface area (Å²) in [5, 5.41) is 2.42. The van der Waals surface area contributed by atoms with Crippen LogP contribution in [0.5, 0.6) is 17.2 Å². The molecule has 0 saturated heterocycles. The van der Waals surface area contributed by atoms with Gasteiger partial charge in [-0.05, 0) is 26.0 Å². The van der Waals surface area contributed by atoms with Crippen LogP contribution in [-0.2, 0) is 14.3 Å². The van der Waals surface area contributed by atoms with Crippen LogP contribution in [0.25, 0.3) is 0 Å². The molecule has 9 nitrogen and oxygen atoms in total. The Morgan fingerprint density at radius 3 is 2.04 bits per heavy atom. The minimum Gasteiger partial charge on any atom is -0.493 e. The molecule has 0 spiro atoms. The summed E-state index contributed by atoms with van der Waals surface area (Å²) in [6.07, 6.45) is 0. The van der Waals surface area contributed by atoms with Gasteiger partial charge in [-0.2, -0.15) is 0 Å². The van der Waals surface area contributed by atoms with Crippen molar-refractivity contribution in [1.29, 1.82) is 0 Å². The number of carbonyl (C=O) groups is 3. The third-order valence-corrected chi connectivity index (χ3v) is 3.84. The number of amides is 2. The number of nitrogens with one attached hydrogen (secondary N) is 1. The molecular formula is C18H26N2O7. The second kappa shape index (κ2) is 10.2. The predicted octanol–water partition coefficient (Wildman–Crippen LogP) is 0.852. The summed E-state index contributed by atoms with van der Waals surface area (Å²) in [4.78, 5) is 37.3. The van der Waals surface area contributed by atoms with Gasteiger partial charge in [-0.3, -0.25) is 14.4 Å². The number of nitrogens with zero attached hydrogens (tertiary/aromatic N) is 1. The lowest BCUT2D eigenvalue weighted by molar-refractivity contribution is -0.151. The number of benzene rings is 1. The molecule has 0 fully saturated rings. The highest BCUT2D eigenvalue weighted by Gasteiger charge is 2.18. The van der Waals surface area contributed by atoms with E-state index in [1.54, 1.807) is 7.05 Å². The molecule has 0 bridgehead atoms. The number of hydrogen-bond donors (Lipinski definition) is 1. The minimum atomic E-state index is -0.721. The molecule has 0 aromatic heterocycles. The normalized spacial score (nSPS) is 10.2. The van der Waals surface area contributed by atoms with E-state index in [0.717, 1.165) is 0 Å². The Morgan fingerprint density at radius 2 is 1.59 bits per heavy atom. The van der Waals surface area contributed by atoms with Crippen LogP contribution in [0.4, 0.5) is 0 Å². The fraction of sp³-hybridized carbons (Fsp3) is 0.500. The molecule has 9 heteroatoms. The van der Waals surface area contributed by atoms with E-state index in [0.29, 0.717) is 17.2 Å². The molecule has 0 atom stereocenters. The van der Waals surface area contributed by atoms with Gasteiger partial charge in [0.15, 0.2) is 18.1 Å². The van der Waals surface area contributed by atoms with Gasteiger partial charge in [0.25, 0.3) is 11.8 Å². The lowest BCUT2D eigenvalue weighted by atomic mass is 10.1. The van der Waals surface area contributed by atoms with Gasteiger partial charge in [0, 0.05) is 18.7 Å². The van der Waals surface area contributed by atoms with Crippen LogP contribution in [0, 0.1) is 0 Å². The second-order valence-corrected chi connectivity index (χ2v) is 5.86. The Hall–Kier alpha value is -2.97. The van der Waals surface area contributed by atoms with E-state index in [9.17, 15) is 14.4 Å². The van der Waals surface area contributed by atoms with Gasteiger partial charge < -0.3 is 29.2 Å². The Bertz CT molecular complexity index is 663. The first-order valence-electron chi connectivity index (χ1n) is 8.24. The molecule has 2 amide bonds. The molecule has 1 aromatic rings. The van der Waals surface area contributed by atoms with Crippen LogP contribution in [0.3, 0.4) is 0 Å². The molecule has 0 radical (unpaired) electrons. The maximum atomic E-state index is 12.3. The maximum Gasteiger partial charge on any atom is 0.325 e. The first-order valence-corrected chi connectivity index (χ1v) is 8.24. The van der Waals surface area contributed by atoms with Crippen molar-refractivity contribution >= 4 is 17.8 Å². The molecule has 1 rings (SSSR count). The van der Waals surface area contributed by atoms with Gasteiger partial charge in [-0.1, -0.05) is 0 Å². The summed E-state index contributed by atoms with van der Waals surface area (Å²) in [7, 11) is 5.93. The van der Waals surface area contributed by atoms with E-state index in [4.69, 9.17) is 18.9 Å². The Kier molecular flexibility index (Phi) is 8.37. The minimum absolute atomic E-state index is 0.00376. The average Bonchev–Trinajstić information content (AvgIpc) is 2.67. The van der Waals surface area contributed by atoms with Crippen molar-refractivity contribution in [1.82, 2.24) is 10.2 Å². The highest BCUT2D eigenvalue weighted by Crippen LogP contribution is 2.38. The summed E-state index contributed by atoms with van der Waals surface area (Å²) in [5.74, 6) is -0.602. The third-order valence-electron chi connectivity index (χ3n) is 3.84. The van der Waals surface area contributed by atoms with E-state index in [1.807, 2.05) is 13.8 Å². The molecule has 0 heterocycles.